The number of aryl methyl sites for hydroxylation is 1. The molecule has 1 amide bonds. The second-order valence-corrected chi connectivity index (χ2v) is 7.82. The molecule has 0 spiro atoms. The molecule has 1 aliphatic rings. The standard InChI is InChI=1S/C14H17Cl2NO3S/c1-4-8-6-9(11(18)20-5-2)10(21-8)17-12(19)13(3)7-14(13,15)16/h6H,4-5,7H2,1-3H3,(H,17,19)/t13-/m0/s1. The second-order valence-electron chi connectivity index (χ2n) is 5.20. The Labute approximate surface area is 137 Å². The molecule has 0 aliphatic heterocycles. The predicted octanol–water partition coefficient (Wildman–Crippen LogP) is 4.01. The van der Waals surface area contributed by atoms with Gasteiger partial charge in [-0.05, 0) is 32.8 Å². The maximum atomic E-state index is 12.3. The lowest BCUT2D eigenvalue weighted by Crippen LogP contribution is -2.26. The van der Waals surface area contributed by atoms with Crippen LogP contribution in [0.25, 0.3) is 0 Å². The van der Waals surface area contributed by atoms with E-state index in [0.29, 0.717) is 17.0 Å². The first kappa shape index (κ1) is 16.6. The number of alkyl halides is 2. The number of thiophene rings is 1. The second kappa shape index (κ2) is 5.78. The molecule has 1 aliphatic carbocycles. The molecule has 21 heavy (non-hydrogen) atoms. The quantitative estimate of drug-likeness (QED) is 0.645. The van der Waals surface area contributed by atoms with Crippen LogP contribution in [0, 0.1) is 5.41 Å². The van der Waals surface area contributed by atoms with Crippen LogP contribution in [-0.2, 0) is 16.0 Å². The predicted molar refractivity (Wildman–Crippen MR) is 85.4 cm³/mol. The Hall–Kier alpha value is -0.780. The first-order chi connectivity index (χ1) is 9.75. The van der Waals surface area contributed by atoms with Gasteiger partial charge in [-0.1, -0.05) is 6.92 Å². The molecule has 1 saturated carbocycles. The maximum Gasteiger partial charge on any atom is 0.341 e. The molecule has 7 heteroatoms. The number of rotatable bonds is 5. The number of ether oxygens (including phenoxy) is 1. The summed E-state index contributed by atoms with van der Waals surface area (Å²) in [6.07, 6.45) is 1.18. The third-order valence-electron chi connectivity index (χ3n) is 3.61. The van der Waals surface area contributed by atoms with Gasteiger partial charge in [0.2, 0.25) is 5.91 Å². The molecule has 0 aromatic carbocycles. The first-order valence-electron chi connectivity index (χ1n) is 6.74. The Morgan fingerprint density at radius 2 is 2.05 bits per heavy atom. The van der Waals surface area contributed by atoms with Crippen molar-refractivity contribution in [3.8, 4) is 0 Å². The van der Waals surface area contributed by atoms with Crippen LogP contribution in [0.15, 0.2) is 6.07 Å². The number of hydrogen-bond donors (Lipinski definition) is 1. The lowest BCUT2D eigenvalue weighted by molar-refractivity contribution is -0.120. The molecule has 1 aromatic heterocycles. The largest absolute Gasteiger partial charge is 0.462 e. The van der Waals surface area contributed by atoms with Crippen LogP contribution >= 0.6 is 34.5 Å². The Bertz CT molecular complexity index is 585. The van der Waals surface area contributed by atoms with E-state index in [9.17, 15) is 9.59 Å². The number of esters is 1. The molecule has 1 atom stereocenters. The van der Waals surface area contributed by atoms with Crippen LogP contribution in [0.5, 0.6) is 0 Å². The summed E-state index contributed by atoms with van der Waals surface area (Å²) in [7, 11) is 0. The van der Waals surface area contributed by atoms with Gasteiger partial charge in [-0.15, -0.1) is 34.5 Å². The summed E-state index contributed by atoms with van der Waals surface area (Å²) >= 11 is 13.4. The highest BCUT2D eigenvalue weighted by Crippen LogP contribution is 2.64. The number of anilines is 1. The molecule has 0 radical (unpaired) electrons. The van der Waals surface area contributed by atoms with Crippen molar-refractivity contribution in [2.24, 2.45) is 5.41 Å². The fourth-order valence-corrected chi connectivity index (χ4v) is 3.64. The summed E-state index contributed by atoms with van der Waals surface area (Å²) in [4.78, 5) is 25.3. The van der Waals surface area contributed by atoms with E-state index < -0.39 is 15.7 Å². The summed E-state index contributed by atoms with van der Waals surface area (Å²) in [6, 6.07) is 1.75. The minimum atomic E-state index is -1.04. The average molecular weight is 350 g/mol. The fourth-order valence-electron chi connectivity index (χ4n) is 1.96. The van der Waals surface area contributed by atoms with E-state index in [4.69, 9.17) is 27.9 Å². The molecular weight excluding hydrogens is 333 g/mol. The zero-order chi connectivity index (χ0) is 15.8. The maximum absolute atomic E-state index is 12.3. The summed E-state index contributed by atoms with van der Waals surface area (Å²) in [5, 5.41) is 3.27. The number of carbonyl (C=O) groups excluding carboxylic acids is 2. The molecule has 1 aromatic rings. The zero-order valence-corrected chi connectivity index (χ0v) is 14.4. The fraction of sp³-hybridized carbons (Fsp3) is 0.571. The smallest absolute Gasteiger partial charge is 0.341 e. The summed E-state index contributed by atoms with van der Waals surface area (Å²) < 4.78 is 3.98. The Balaban J connectivity index is 2.21. The van der Waals surface area contributed by atoms with Crippen LogP contribution in [0.1, 0.15) is 42.4 Å². The normalized spacial score (nSPS) is 22.7. The Morgan fingerprint density at radius 1 is 1.43 bits per heavy atom. The molecule has 1 N–H and O–H groups in total. The van der Waals surface area contributed by atoms with Gasteiger partial charge in [-0.25, -0.2) is 4.79 Å². The average Bonchev–Trinajstić information content (AvgIpc) is 2.77. The Kier molecular flexibility index (Phi) is 4.57. The highest BCUT2D eigenvalue weighted by Gasteiger charge is 2.68. The van der Waals surface area contributed by atoms with E-state index in [-0.39, 0.29) is 12.5 Å². The number of hydrogen-bond acceptors (Lipinski definition) is 4. The van der Waals surface area contributed by atoms with Crippen molar-refractivity contribution >= 4 is 51.4 Å². The van der Waals surface area contributed by atoms with Crippen molar-refractivity contribution in [3.05, 3.63) is 16.5 Å². The van der Waals surface area contributed by atoms with Crippen molar-refractivity contribution in [1.82, 2.24) is 0 Å². The van der Waals surface area contributed by atoms with Gasteiger partial charge in [0.15, 0.2) is 0 Å². The van der Waals surface area contributed by atoms with E-state index >= 15 is 0 Å². The zero-order valence-electron chi connectivity index (χ0n) is 12.1. The lowest BCUT2D eigenvalue weighted by Gasteiger charge is -2.12. The van der Waals surface area contributed by atoms with Gasteiger partial charge >= 0.3 is 5.97 Å². The molecule has 2 rings (SSSR count). The minimum absolute atomic E-state index is 0.275. The highest BCUT2D eigenvalue weighted by molar-refractivity contribution is 7.16. The third-order valence-corrected chi connectivity index (χ3v) is 5.91. The number of nitrogens with one attached hydrogen (secondary N) is 1. The van der Waals surface area contributed by atoms with Gasteiger partial charge < -0.3 is 10.1 Å². The monoisotopic (exact) mass is 349 g/mol. The molecule has 4 nitrogen and oxygen atoms in total. The molecule has 1 heterocycles. The first-order valence-corrected chi connectivity index (χ1v) is 8.31. The van der Waals surface area contributed by atoms with Crippen LogP contribution in [0.2, 0.25) is 0 Å². The van der Waals surface area contributed by atoms with E-state index in [0.717, 1.165) is 11.3 Å². The van der Waals surface area contributed by atoms with E-state index in [1.807, 2.05) is 6.92 Å². The number of amides is 1. The summed E-state index contributed by atoms with van der Waals surface area (Å²) in [5.41, 5.74) is -0.440. The van der Waals surface area contributed by atoms with E-state index in [1.54, 1.807) is 19.9 Å². The molecule has 116 valence electrons. The van der Waals surface area contributed by atoms with E-state index in [2.05, 4.69) is 5.32 Å². The Morgan fingerprint density at radius 3 is 2.52 bits per heavy atom. The van der Waals surface area contributed by atoms with Gasteiger partial charge in [-0.2, -0.15) is 0 Å². The minimum Gasteiger partial charge on any atom is -0.462 e. The van der Waals surface area contributed by atoms with Gasteiger partial charge in [0.05, 0.1) is 17.6 Å². The van der Waals surface area contributed by atoms with E-state index in [1.165, 1.54) is 11.3 Å². The number of halogens is 2. The molecular formula is C14H17Cl2NO3S. The highest BCUT2D eigenvalue weighted by atomic mass is 35.5. The van der Waals surface area contributed by atoms with Crippen molar-refractivity contribution < 1.29 is 14.3 Å². The van der Waals surface area contributed by atoms with Crippen LogP contribution in [0.4, 0.5) is 5.00 Å². The summed E-state index contributed by atoms with van der Waals surface area (Å²) in [5.74, 6) is -0.713. The molecule has 0 bridgehead atoms. The topological polar surface area (TPSA) is 55.4 Å². The van der Waals surface area contributed by atoms with Crippen molar-refractivity contribution in [2.45, 2.75) is 37.9 Å². The third kappa shape index (κ3) is 3.05. The van der Waals surface area contributed by atoms with Crippen molar-refractivity contribution in [2.75, 3.05) is 11.9 Å². The number of carbonyl (C=O) groups is 2. The van der Waals surface area contributed by atoms with Gasteiger partial charge in [0.1, 0.15) is 9.33 Å². The van der Waals surface area contributed by atoms with Gasteiger partial charge in [0.25, 0.3) is 0 Å². The van der Waals surface area contributed by atoms with Crippen molar-refractivity contribution in [1.29, 1.82) is 0 Å². The SMILES string of the molecule is CCOC(=O)c1cc(CC)sc1NC(=O)[C@]1(C)CC1(Cl)Cl. The molecule has 1 fully saturated rings. The van der Waals surface area contributed by atoms with Crippen LogP contribution in [-0.4, -0.2) is 22.8 Å². The van der Waals surface area contributed by atoms with Crippen LogP contribution in [0.3, 0.4) is 0 Å². The molecule has 0 unspecified atom stereocenters. The van der Waals surface area contributed by atoms with Crippen LogP contribution < -0.4 is 5.32 Å². The van der Waals surface area contributed by atoms with Gasteiger partial charge in [0, 0.05) is 4.88 Å². The van der Waals surface area contributed by atoms with Gasteiger partial charge in [-0.3, -0.25) is 4.79 Å². The summed E-state index contributed by atoms with van der Waals surface area (Å²) in [6.45, 7) is 5.72. The van der Waals surface area contributed by atoms with Crippen molar-refractivity contribution in [3.63, 3.8) is 0 Å². The molecule has 0 saturated heterocycles. The lowest BCUT2D eigenvalue weighted by atomic mass is 10.1.